The van der Waals surface area contributed by atoms with E-state index in [1.165, 1.54) is 20.9 Å². The third-order valence-electron chi connectivity index (χ3n) is 14.2. The van der Waals surface area contributed by atoms with Crippen molar-refractivity contribution in [2.75, 3.05) is 13.1 Å². The SMILES string of the molecule is CC(C)[C@H](NC(=O)O)C(=O)N1CCC[C@@]1(C(N)=O)c1ccc(C2CCCC(c3ccc([C@]4(C(N)=O)CCCN4C(=O)[C@@H](NC(=O)O)C(C)C)cc3)C2c2ccc(C(C)(C)C)cc2)cc1. The van der Waals surface area contributed by atoms with Crippen molar-refractivity contribution in [1.29, 1.82) is 0 Å². The van der Waals surface area contributed by atoms with E-state index in [1.54, 1.807) is 27.7 Å². The van der Waals surface area contributed by atoms with Crippen molar-refractivity contribution in [3.8, 4) is 0 Å². The summed E-state index contributed by atoms with van der Waals surface area (Å²) >= 11 is 0. The number of nitrogens with zero attached hydrogens (tertiary/aromatic N) is 2. The largest absolute Gasteiger partial charge is 0.465 e. The molecule has 2 unspecified atom stereocenters. The van der Waals surface area contributed by atoms with Crippen molar-refractivity contribution in [2.45, 2.75) is 140 Å². The van der Waals surface area contributed by atoms with Gasteiger partial charge in [-0.2, -0.15) is 0 Å². The van der Waals surface area contributed by atoms with Gasteiger partial charge in [-0.3, -0.25) is 19.2 Å². The van der Waals surface area contributed by atoms with Gasteiger partial charge < -0.3 is 42.1 Å². The monoisotopic (exact) mass is 878 g/mol. The number of hydrogen-bond donors (Lipinski definition) is 6. The van der Waals surface area contributed by atoms with E-state index < -0.39 is 59.0 Å². The molecule has 3 fully saturated rings. The molecule has 2 heterocycles. The van der Waals surface area contributed by atoms with Crippen LogP contribution in [0.25, 0.3) is 0 Å². The van der Waals surface area contributed by atoms with Gasteiger partial charge in [-0.05, 0) is 107 Å². The molecule has 3 aromatic carbocycles. The van der Waals surface area contributed by atoms with Crippen molar-refractivity contribution < 1.29 is 39.0 Å². The van der Waals surface area contributed by atoms with E-state index in [0.717, 1.165) is 30.4 Å². The predicted octanol–water partition coefficient (Wildman–Crippen LogP) is 7.01. The summed E-state index contributed by atoms with van der Waals surface area (Å²) in [6, 6.07) is 22.5. The van der Waals surface area contributed by atoms with Crippen LogP contribution in [0, 0.1) is 11.8 Å². The number of nitrogens with two attached hydrogens (primary N) is 2. The first-order valence-corrected chi connectivity index (χ1v) is 22.7. The molecule has 3 aliphatic rings. The molecule has 6 amide bonds. The molecular formula is C50H66N6O8. The Kier molecular flexibility index (Phi) is 13.9. The van der Waals surface area contributed by atoms with Crippen LogP contribution < -0.4 is 22.1 Å². The summed E-state index contributed by atoms with van der Waals surface area (Å²) in [4.78, 5) is 81.3. The number of amides is 6. The third kappa shape index (κ3) is 8.92. The number of rotatable bonds is 13. The van der Waals surface area contributed by atoms with Gasteiger partial charge in [0.15, 0.2) is 0 Å². The van der Waals surface area contributed by atoms with Crippen LogP contribution in [0.1, 0.15) is 145 Å². The average Bonchev–Trinajstić information content (AvgIpc) is 3.91. The number of primary amides is 2. The third-order valence-corrected chi connectivity index (χ3v) is 14.2. The second-order valence-electron chi connectivity index (χ2n) is 19.8. The highest BCUT2D eigenvalue weighted by atomic mass is 16.4. The lowest BCUT2D eigenvalue weighted by Gasteiger charge is -2.41. The molecule has 0 bridgehead atoms. The van der Waals surface area contributed by atoms with Crippen LogP contribution in [0.2, 0.25) is 0 Å². The van der Waals surface area contributed by atoms with Gasteiger partial charge in [-0.1, -0.05) is 128 Å². The van der Waals surface area contributed by atoms with E-state index in [2.05, 4.69) is 55.7 Å². The standard InChI is InChI=1S/C50H66N6O8/c1-29(2)40(53-46(61)62)42(57)55-27-9-25-49(55,44(51)59)35-21-13-31(14-22-35)37-11-8-12-38(39(37)33-17-19-34(20-18-33)48(5,6)7)32-15-23-36(24-16-32)50(45(52)60)26-10-28-56(50)43(58)41(30(3)4)54-47(63)64/h13-24,29-30,37-41,53-54H,8-12,25-28H2,1-7H3,(H2,51,59)(H2,52,60)(H,61,62)(H,63,64)/t37?,38?,39?,40-,41-,49-,50-/m0/s1. The number of benzene rings is 3. The van der Waals surface area contributed by atoms with E-state index in [1.807, 2.05) is 48.5 Å². The molecule has 1 saturated carbocycles. The summed E-state index contributed by atoms with van der Waals surface area (Å²) in [5.41, 5.74) is 15.1. The summed E-state index contributed by atoms with van der Waals surface area (Å²) in [5, 5.41) is 23.7. The number of likely N-dealkylation sites (tertiary alicyclic amines) is 2. The Hall–Kier alpha value is -5.92. The first kappa shape index (κ1) is 47.6. The van der Waals surface area contributed by atoms with E-state index in [-0.39, 0.29) is 48.1 Å². The van der Waals surface area contributed by atoms with Crippen LogP contribution >= 0.6 is 0 Å². The number of carbonyl (C=O) groups is 6. The number of hydrogen-bond acceptors (Lipinski definition) is 6. The Morgan fingerprint density at radius 2 is 0.953 bits per heavy atom. The van der Waals surface area contributed by atoms with Gasteiger partial charge in [0.25, 0.3) is 0 Å². The average molecular weight is 879 g/mol. The van der Waals surface area contributed by atoms with Gasteiger partial charge in [0.2, 0.25) is 23.6 Å². The van der Waals surface area contributed by atoms with Gasteiger partial charge in [-0.25, -0.2) is 9.59 Å². The zero-order valence-corrected chi connectivity index (χ0v) is 38.2. The highest BCUT2D eigenvalue weighted by molar-refractivity contribution is 5.96. The molecule has 6 atom stereocenters. The van der Waals surface area contributed by atoms with Crippen LogP contribution in [-0.2, 0) is 35.7 Å². The summed E-state index contributed by atoms with van der Waals surface area (Å²) < 4.78 is 0. The molecule has 0 aromatic heterocycles. The fraction of sp³-hybridized carbons (Fsp3) is 0.520. The minimum absolute atomic E-state index is 0.0200. The van der Waals surface area contributed by atoms with Gasteiger partial charge in [0.05, 0.1) is 0 Å². The number of carbonyl (C=O) groups excluding carboxylic acids is 4. The quantitative estimate of drug-likeness (QED) is 0.104. The van der Waals surface area contributed by atoms with E-state index in [0.29, 0.717) is 36.8 Å². The molecule has 6 rings (SSSR count). The summed E-state index contributed by atoms with van der Waals surface area (Å²) in [5.74, 6) is -2.90. The molecule has 64 heavy (non-hydrogen) atoms. The van der Waals surface area contributed by atoms with E-state index >= 15 is 0 Å². The predicted molar refractivity (Wildman–Crippen MR) is 243 cm³/mol. The van der Waals surface area contributed by atoms with Crippen molar-refractivity contribution in [2.24, 2.45) is 23.3 Å². The topological polar surface area (TPSA) is 225 Å². The molecule has 8 N–H and O–H groups in total. The molecule has 344 valence electrons. The molecule has 2 aliphatic heterocycles. The zero-order chi connectivity index (χ0) is 46.9. The zero-order valence-electron chi connectivity index (χ0n) is 38.2. The fourth-order valence-electron chi connectivity index (χ4n) is 10.9. The Morgan fingerprint density at radius 3 is 1.27 bits per heavy atom. The van der Waals surface area contributed by atoms with Crippen LogP contribution in [0.15, 0.2) is 72.8 Å². The first-order valence-electron chi connectivity index (χ1n) is 22.7. The molecule has 14 heteroatoms. The summed E-state index contributed by atoms with van der Waals surface area (Å²) in [6.07, 6.45) is 1.76. The molecule has 14 nitrogen and oxygen atoms in total. The maximum Gasteiger partial charge on any atom is 0.405 e. The Balaban J connectivity index is 1.38. The van der Waals surface area contributed by atoms with Gasteiger partial charge in [0.1, 0.15) is 23.2 Å². The van der Waals surface area contributed by atoms with Crippen LogP contribution in [0.5, 0.6) is 0 Å². The van der Waals surface area contributed by atoms with Crippen LogP contribution in [0.3, 0.4) is 0 Å². The van der Waals surface area contributed by atoms with Gasteiger partial charge in [0, 0.05) is 13.1 Å². The second kappa shape index (κ2) is 18.7. The fourth-order valence-corrected chi connectivity index (χ4v) is 10.9. The Morgan fingerprint density at radius 1 is 0.594 bits per heavy atom. The van der Waals surface area contributed by atoms with Crippen molar-refractivity contribution in [1.82, 2.24) is 20.4 Å². The molecule has 1 aliphatic carbocycles. The number of carboxylic acid groups (broad SMARTS) is 2. The maximum atomic E-state index is 14.0. The lowest BCUT2D eigenvalue weighted by atomic mass is 9.64. The Bertz CT molecular complexity index is 2090. The highest BCUT2D eigenvalue weighted by Gasteiger charge is 2.53. The minimum atomic E-state index is -1.44. The number of nitrogens with one attached hydrogen (secondary N) is 2. The van der Waals surface area contributed by atoms with Gasteiger partial charge >= 0.3 is 12.2 Å². The summed E-state index contributed by atoms with van der Waals surface area (Å²) in [6.45, 7) is 14.1. The van der Waals surface area contributed by atoms with Crippen molar-refractivity contribution in [3.63, 3.8) is 0 Å². The molecule has 0 spiro atoms. The normalized spacial score (nSPS) is 24.6. The molecule has 3 aromatic rings. The highest BCUT2D eigenvalue weighted by Crippen LogP contribution is 2.53. The minimum Gasteiger partial charge on any atom is -0.465 e. The molecule has 2 saturated heterocycles. The lowest BCUT2D eigenvalue weighted by Crippen LogP contribution is -2.59. The van der Waals surface area contributed by atoms with Crippen molar-refractivity contribution >= 4 is 35.8 Å². The summed E-state index contributed by atoms with van der Waals surface area (Å²) in [7, 11) is 0. The molecular weight excluding hydrogens is 813 g/mol. The van der Waals surface area contributed by atoms with Crippen molar-refractivity contribution in [3.05, 3.63) is 106 Å². The van der Waals surface area contributed by atoms with E-state index in [9.17, 15) is 39.0 Å². The van der Waals surface area contributed by atoms with Gasteiger partial charge in [-0.15, -0.1) is 0 Å². The first-order chi connectivity index (χ1) is 30.1. The lowest BCUT2D eigenvalue weighted by molar-refractivity contribution is -0.146. The Labute approximate surface area is 376 Å². The van der Waals surface area contributed by atoms with E-state index in [4.69, 9.17) is 11.5 Å². The van der Waals surface area contributed by atoms with Crippen LogP contribution in [0.4, 0.5) is 9.59 Å². The maximum absolute atomic E-state index is 14.0. The smallest absolute Gasteiger partial charge is 0.405 e. The molecule has 0 radical (unpaired) electrons. The van der Waals surface area contributed by atoms with Crippen LogP contribution in [-0.4, -0.2) is 81.0 Å². The second-order valence-corrected chi connectivity index (χ2v) is 19.8.